The normalized spacial score (nSPS) is 23.3. The van der Waals surface area contributed by atoms with Crippen LogP contribution in [0.25, 0.3) is 21.9 Å². The fourth-order valence-electron chi connectivity index (χ4n) is 5.81. The standard InChI is InChI=1S/C29H32O/c1-4-21-7-8-23-17-24(10-9-22(23)16-21)25-11-12-28(30-3)27(18-25)29-14-5-6-26(19-29)20(2)13-15-29/h7-13,16-18,26H,4-6,14-15,19H2,1-3H3. The molecule has 2 bridgehead atoms. The minimum atomic E-state index is 0.233. The van der Waals surface area contributed by atoms with Crippen LogP contribution >= 0.6 is 0 Å². The van der Waals surface area contributed by atoms with Crippen LogP contribution in [0.1, 0.15) is 57.1 Å². The Bertz CT molecular complexity index is 1120. The molecule has 0 spiro atoms. The average Bonchev–Trinajstić information content (AvgIpc) is 2.81. The third-order valence-electron chi connectivity index (χ3n) is 7.72. The van der Waals surface area contributed by atoms with Crippen molar-refractivity contribution in [2.45, 2.75) is 57.8 Å². The first-order valence-corrected chi connectivity index (χ1v) is 11.5. The van der Waals surface area contributed by atoms with Crippen LogP contribution in [-0.4, -0.2) is 7.11 Å². The summed E-state index contributed by atoms with van der Waals surface area (Å²) in [4.78, 5) is 0. The number of ether oxygens (including phenoxy) is 1. The number of fused-ring (bicyclic) bond motifs is 3. The zero-order valence-corrected chi connectivity index (χ0v) is 18.5. The predicted octanol–water partition coefficient (Wildman–Crippen LogP) is 7.86. The van der Waals surface area contributed by atoms with E-state index in [4.69, 9.17) is 4.74 Å². The number of rotatable bonds is 4. The lowest BCUT2D eigenvalue weighted by molar-refractivity contribution is 0.221. The fourth-order valence-corrected chi connectivity index (χ4v) is 5.81. The molecule has 30 heavy (non-hydrogen) atoms. The number of methoxy groups -OCH3 is 1. The van der Waals surface area contributed by atoms with Gasteiger partial charge in [-0.2, -0.15) is 0 Å². The summed E-state index contributed by atoms with van der Waals surface area (Å²) in [6.45, 7) is 4.54. The first-order chi connectivity index (χ1) is 14.6. The van der Waals surface area contributed by atoms with Gasteiger partial charge in [0.2, 0.25) is 0 Å². The van der Waals surface area contributed by atoms with E-state index in [0.717, 1.165) is 24.5 Å². The maximum atomic E-state index is 5.88. The van der Waals surface area contributed by atoms with E-state index in [1.807, 2.05) is 7.11 Å². The van der Waals surface area contributed by atoms with Crippen LogP contribution in [0, 0.1) is 5.92 Å². The predicted molar refractivity (Wildman–Crippen MR) is 127 cm³/mol. The third-order valence-corrected chi connectivity index (χ3v) is 7.72. The number of aryl methyl sites for hydroxylation is 1. The van der Waals surface area contributed by atoms with Gasteiger partial charge in [0, 0.05) is 11.0 Å². The van der Waals surface area contributed by atoms with E-state index in [-0.39, 0.29) is 5.41 Å². The number of allylic oxidation sites excluding steroid dienone is 2. The highest BCUT2D eigenvalue weighted by Gasteiger charge is 2.42. The molecule has 0 aromatic heterocycles. The molecule has 0 amide bonds. The van der Waals surface area contributed by atoms with Crippen LogP contribution < -0.4 is 4.74 Å². The van der Waals surface area contributed by atoms with Crippen molar-refractivity contribution in [2.24, 2.45) is 5.92 Å². The van der Waals surface area contributed by atoms with Crippen LogP contribution in [0.5, 0.6) is 5.75 Å². The van der Waals surface area contributed by atoms with Crippen molar-refractivity contribution in [3.8, 4) is 16.9 Å². The molecule has 154 valence electrons. The zero-order chi connectivity index (χ0) is 20.7. The molecule has 1 saturated carbocycles. The third kappa shape index (κ3) is 3.25. The van der Waals surface area contributed by atoms with Gasteiger partial charge in [0.1, 0.15) is 5.75 Å². The molecule has 1 fully saturated rings. The molecule has 0 saturated heterocycles. The van der Waals surface area contributed by atoms with E-state index in [0.29, 0.717) is 0 Å². The minimum Gasteiger partial charge on any atom is -0.496 e. The zero-order valence-electron chi connectivity index (χ0n) is 18.5. The van der Waals surface area contributed by atoms with E-state index in [1.54, 1.807) is 5.57 Å². The van der Waals surface area contributed by atoms with Crippen molar-refractivity contribution in [3.63, 3.8) is 0 Å². The molecule has 0 N–H and O–H groups in total. The van der Waals surface area contributed by atoms with Crippen molar-refractivity contribution >= 4 is 10.8 Å². The smallest absolute Gasteiger partial charge is 0.122 e. The minimum absolute atomic E-state index is 0.233. The van der Waals surface area contributed by atoms with Crippen LogP contribution in [0.2, 0.25) is 0 Å². The lowest BCUT2D eigenvalue weighted by atomic mass is 9.59. The van der Waals surface area contributed by atoms with Gasteiger partial charge in [-0.05, 0) is 90.6 Å². The Morgan fingerprint density at radius 3 is 2.57 bits per heavy atom. The fraction of sp³-hybridized carbons (Fsp3) is 0.379. The summed E-state index contributed by atoms with van der Waals surface area (Å²) in [6, 6.07) is 20.6. The highest BCUT2D eigenvalue weighted by molar-refractivity contribution is 5.88. The summed E-state index contributed by atoms with van der Waals surface area (Å²) < 4.78 is 5.88. The topological polar surface area (TPSA) is 9.23 Å². The molecule has 0 radical (unpaired) electrons. The van der Waals surface area contributed by atoms with Gasteiger partial charge in [-0.15, -0.1) is 0 Å². The first kappa shape index (κ1) is 19.4. The largest absolute Gasteiger partial charge is 0.496 e. The van der Waals surface area contributed by atoms with Gasteiger partial charge in [0.05, 0.1) is 7.11 Å². The average molecular weight is 397 g/mol. The molecular weight excluding hydrogens is 364 g/mol. The molecule has 2 aliphatic carbocycles. The second-order valence-electron chi connectivity index (χ2n) is 9.39. The molecule has 1 nitrogen and oxygen atoms in total. The molecule has 3 aromatic carbocycles. The van der Waals surface area contributed by atoms with Crippen molar-refractivity contribution in [1.82, 2.24) is 0 Å². The quantitative estimate of drug-likeness (QED) is 0.408. The van der Waals surface area contributed by atoms with E-state index in [2.05, 4.69) is 74.5 Å². The Kier molecular flexibility index (Phi) is 4.93. The SMILES string of the molecule is CCc1ccc2cc(-c3ccc(OC)c(C45CC=C(C)C(CCC4)C5)c3)ccc2c1. The highest BCUT2D eigenvalue weighted by Crippen LogP contribution is 2.52. The van der Waals surface area contributed by atoms with E-state index in [1.165, 1.54) is 58.7 Å². The van der Waals surface area contributed by atoms with Crippen molar-refractivity contribution in [1.29, 1.82) is 0 Å². The van der Waals surface area contributed by atoms with Gasteiger partial charge in [-0.25, -0.2) is 0 Å². The Balaban J connectivity index is 1.59. The van der Waals surface area contributed by atoms with Gasteiger partial charge >= 0.3 is 0 Å². The molecule has 5 rings (SSSR count). The molecular formula is C29H32O. The van der Waals surface area contributed by atoms with Crippen LogP contribution in [-0.2, 0) is 11.8 Å². The summed E-state index contributed by atoms with van der Waals surface area (Å²) >= 11 is 0. The maximum Gasteiger partial charge on any atom is 0.122 e. The summed E-state index contributed by atoms with van der Waals surface area (Å²) in [6.07, 6.45) is 9.93. The molecule has 2 atom stereocenters. The molecule has 0 heterocycles. The number of benzene rings is 3. The van der Waals surface area contributed by atoms with Crippen LogP contribution in [0.15, 0.2) is 66.2 Å². The van der Waals surface area contributed by atoms with E-state index < -0.39 is 0 Å². The Morgan fingerprint density at radius 2 is 1.73 bits per heavy atom. The van der Waals surface area contributed by atoms with Gasteiger partial charge in [-0.1, -0.05) is 61.4 Å². The molecule has 2 aliphatic rings. The Hall–Kier alpha value is -2.54. The van der Waals surface area contributed by atoms with Crippen LogP contribution in [0.3, 0.4) is 0 Å². The second-order valence-corrected chi connectivity index (χ2v) is 9.39. The molecule has 0 aliphatic heterocycles. The molecule has 1 heteroatoms. The molecule has 2 unspecified atom stereocenters. The van der Waals surface area contributed by atoms with Crippen molar-refractivity contribution in [3.05, 3.63) is 77.4 Å². The first-order valence-electron chi connectivity index (χ1n) is 11.5. The monoisotopic (exact) mass is 396 g/mol. The van der Waals surface area contributed by atoms with Crippen LogP contribution in [0.4, 0.5) is 0 Å². The Morgan fingerprint density at radius 1 is 0.967 bits per heavy atom. The number of hydrogen-bond donors (Lipinski definition) is 0. The second kappa shape index (κ2) is 7.61. The molecule has 3 aromatic rings. The summed E-state index contributed by atoms with van der Waals surface area (Å²) in [5.41, 5.74) is 7.24. The van der Waals surface area contributed by atoms with Gasteiger partial charge in [0.15, 0.2) is 0 Å². The number of hydrogen-bond acceptors (Lipinski definition) is 1. The van der Waals surface area contributed by atoms with E-state index in [9.17, 15) is 0 Å². The maximum absolute atomic E-state index is 5.88. The van der Waals surface area contributed by atoms with Gasteiger partial charge in [0.25, 0.3) is 0 Å². The van der Waals surface area contributed by atoms with E-state index >= 15 is 0 Å². The summed E-state index contributed by atoms with van der Waals surface area (Å²) in [5.74, 6) is 1.80. The van der Waals surface area contributed by atoms with Crippen molar-refractivity contribution < 1.29 is 4.74 Å². The van der Waals surface area contributed by atoms with Gasteiger partial charge in [-0.3, -0.25) is 0 Å². The summed E-state index contributed by atoms with van der Waals surface area (Å²) in [7, 11) is 1.82. The summed E-state index contributed by atoms with van der Waals surface area (Å²) in [5, 5.41) is 2.64. The Labute approximate surface area is 180 Å². The van der Waals surface area contributed by atoms with Crippen molar-refractivity contribution in [2.75, 3.05) is 7.11 Å². The highest BCUT2D eigenvalue weighted by atomic mass is 16.5. The lowest BCUT2D eigenvalue weighted by Gasteiger charge is -2.45. The van der Waals surface area contributed by atoms with Gasteiger partial charge < -0.3 is 4.74 Å². The lowest BCUT2D eigenvalue weighted by Crippen LogP contribution is -2.36.